The first-order chi connectivity index (χ1) is 7.40. The van der Waals surface area contributed by atoms with Gasteiger partial charge in [-0.3, -0.25) is 4.98 Å². The van der Waals surface area contributed by atoms with E-state index in [1.54, 1.807) is 6.20 Å². The highest BCUT2D eigenvalue weighted by atomic mass is 16.5. The van der Waals surface area contributed by atoms with Gasteiger partial charge in [0, 0.05) is 24.1 Å². The van der Waals surface area contributed by atoms with Crippen molar-refractivity contribution in [1.82, 2.24) is 4.98 Å². The molecule has 0 unspecified atom stereocenters. The summed E-state index contributed by atoms with van der Waals surface area (Å²) in [5.41, 5.74) is 0.904. The van der Waals surface area contributed by atoms with E-state index in [1.165, 1.54) is 0 Å². The SMILES string of the molecule is O=CCCOc1ccc2cccnc2c1. The Bertz CT molecular complexity index is 468. The summed E-state index contributed by atoms with van der Waals surface area (Å²) in [6, 6.07) is 9.61. The van der Waals surface area contributed by atoms with E-state index in [2.05, 4.69) is 4.98 Å². The average molecular weight is 201 g/mol. The van der Waals surface area contributed by atoms with Gasteiger partial charge in [-0.2, -0.15) is 0 Å². The Hall–Kier alpha value is -1.90. The van der Waals surface area contributed by atoms with Crippen LogP contribution in [0, 0.1) is 0 Å². The zero-order valence-corrected chi connectivity index (χ0v) is 8.22. The van der Waals surface area contributed by atoms with Crippen molar-refractivity contribution in [2.24, 2.45) is 0 Å². The second kappa shape index (κ2) is 4.55. The van der Waals surface area contributed by atoms with Gasteiger partial charge in [0.2, 0.25) is 0 Å². The molecule has 3 heteroatoms. The van der Waals surface area contributed by atoms with Crippen LogP contribution in [0.5, 0.6) is 5.75 Å². The molecule has 1 aromatic carbocycles. The predicted octanol–water partition coefficient (Wildman–Crippen LogP) is 2.20. The maximum absolute atomic E-state index is 10.1. The van der Waals surface area contributed by atoms with E-state index in [9.17, 15) is 4.79 Å². The van der Waals surface area contributed by atoms with Crippen molar-refractivity contribution >= 4 is 17.2 Å². The molecule has 0 aliphatic heterocycles. The lowest BCUT2D eigenvalue weighted by atomic mass is 10.2. The van der Waals surface area contributed by atoms with Gasteiger partial charge in [0.1, 0.15) is 12.0 Å². The summed E-state index contributed by atoms with van der Waals surface area (Å²) in [7, 11) is 0. The molecule has 76 valence electrons. The molecule has 0 atom stereocenters. The van der Waals surface area contributed by atoms with Gasteiger partial charge >= 0.3 is 0 Å². The molecule has 2 rings (SSSR count). The molecule has 1 heterocycles. The molecule has 0 saturated carbocycles. The van der Waals surface area contributed by atoms with Crippen molar-refractivity contribution in [2.75, 3.05) is 6.61 Å². The largest absolute Gasteiger partial charge is 0.493 e. The van der Waals surface area contributed by atoms with Crippen molar-refractivity contribution in [3.05, 3.63) is 36.5 Å². The zero-order chi connectivity index (χ0) is 10.5. The molecular weight excluding hydrogens is 190 g/mol. The fourth-order valence-electron chi connectivity index (χ4n) is 1.36. The van der Waals surface area contributed by atoms with Crippen LogP contribution in [0.4, 0.5) is 0 Å². The lowest BCUT2D eigenvalue weighted by Crippen LogP contribution is -1.97. The van der Waals surface area contributed by atoms with E-state index in [-0.39, 0.29) is 0 Å². The Morgan fingerprint density at radius 3 is 3.13 bits per heavy atom. The third-order valence-electron chi connectivity index (χ3n) is 2.08. The first-order valence-electron chi connectivity index (χ1n) is 4.81. The lowest BCUT2D eigenvalue weighted by molar-refractivity contribution is -0.108. The number of ether oxygens (including phenoxy) is 1. The summed E-state index contributed by atoms with van der Waals surface area (Å²) in [5.74, 6) is 0.753. The Morgan fingerprint density at radius 2 is 2.27 bits per heavy atom. The fraction of sp³-hybridized carbons (Fsp3) is 0.167. The number of carbonyl (C=O) groups excluding carboxylic acids is 1. The molecule has 0 aliphatic rings. The summed E-state index contributed by atoms with van der Waals surface area (Å²) >= 11 is 0. The second-order valence-electron chi connectivity index (χ2n) is 3.16. The highest BCUT2D eigenvalue weighted by Crippen LogP contribution is 2.18. The summed E-state index contributed by atoms with van der Waals surface area (Å²) < 4.78 is 5.38. The first-order valence-corrected chi connectivity index (χ1v) is 4.81. The number of aldehydes is 1. The predicted molar refractivity (Wildman–Crippen MR) is 57.9 cm³/mol. The third kappa shape index (κ3) is 2.31. The van der Waals surface area contributed by atoms with Crippen LogP contribution in [0.1, 0.15) is 6.42 Å². The van der Waals surface area contributed by atoms with Crippen molar-refractivity contribution in [3.63, 3.8) is 0 Å². The highest BCUT2D eigenvalue weighted by molar-refractivity contribution is 5.79. The molecule has 0 N–H and O–H groups in total. The van der Waals surface area contributed by atoms with Crippen molar-refractivity contribution in [1.29, 1.82) is 0 Å². The third-order valence-corrected chi connectivity index (χ3v) is 2.08. The van der Waals surface area contributed by atoms with E-state index in [1.807, 2.05) is 30.3 Å². The number of aromatic nitrogens is 1. The monoisotopic (exact) mass is 201 g/mol. The summed E-state index contributed by atoms with van der Waals surface area (Å²) in [6.45, 7) is 0.418. The number of rotatable bonds is 4. The van der Waals surface area contributed by atoms with Gasteiger partial charge < -0.3 is 9.53 Å². The Morgan fingerprint density at radius 1 is 1.33 bits per heavy atom. The molecule has 0 fully saturated rings. The Labute approximate surface area is 87.7 Å². The number of pyridine rings is 1. The standard InChI is InChI=1S/C12H11NO2/c14-7-2-8-15-11-5-4-10-3-1-6-13-12(10)9-11/h1,3-7,9H,2,8H2. The van der Waals surface area contributed by atoms with Gasteiger partial charge in [0.05, 0.1) is 12.1 Å². The number of hydrogen-bond donors (Lipinski definition) is 0. The van der Waals surface area contributed by atoms with Crippen molar-refractivity contribution in [3.8, 4) is 5.75 Å². The minimum Gasteiger partial charge on any atom is -0.493 e. The topological polar surface area (TPSA) is 39.2 Å². The van der Waals surface area contributed by atoms with E-state index in [0.29, 0.717) is 13.0 Å². The number of hydrogen-bond acceptors (Lipinski definition) is 3. The van der Waals surface area contributed by atoms with Crippen LogP contribution in [0.25, 0.3) is 10.9 Å². The van der Waals surface area contributed by atoms with Gasteiger partial charge in [-0.25, -0.2) is 0 Å². The van der Waals surface area contributed by atoms with Crippen LogP contribution in [0.2, 0.25) is 0 Å². The van der Waals surface area contributed by atoms with E-state index in [0.717, 1.165) is 22.9 Å². The van der Waals surface area contributed by atoms with Crippen molar-refractivity contribution < 1.29 is 9.53 Å². The maximum atomic E-state index is 10.1. The second-order valence-corrected chi connectivity index (χ2v) is 3.16. The molecule has 0 spiro atoms. The summed E-state index contributed by atoms with van der Waals surface area (Å²) in [6.07, 6.45) is 3.01. The minimum atomic E-state index is 0.417. The van der Waals surface area contributed by atoms with Crippen LogP contribution in [-0.4, -0.2) is 17.9 Å². The maximum Gasteiger partial charge on any atom is 0.123 e. The zero-order valence-electron chi connectivity index (χ0n) is 8.22. The molecule has 0 aliphatic carbocycles. The Balaban J connectivity index is 2.19. The molecular formula is C12H11NO2. The molecule has 0 radical (unpaired) electrons. The van der Waals surface area contributed by atoms with E-state index in [4.69, 9.17) is 4.74 Å². The minimum absolute atomic E-state index is 0.417. The normalized spacial score (nSPS) is 10.1. The molecule has 15 heavy (non-hydrogen) atoms. The fourth-order valence-corrected chi connectivity index (χ4v) is 1.36. The molecule has 1 aromatic heterocycles. The van der Waals surface area contributed by atoms with Gasteiger partial charge in [-0.15, -0.1) is 0 Å². The van der Waals surface area contributed by atoms with Crippen LogP contribution in [-0.2, 0) is 4.79 Å². The van der Waals surface area contributed by atoms with Crippen molar-refractivity contribution in [2.45, 2.75) is 6.42 Å². The van der Waals surface area contributed by atoms with Gasteiger partial charge in [0.25, 0.3) is 0 Å². The van der Waals surface area contributed by atoms with Gasteiger partial charge in [0.15, 0.2) is 0 Å². The molecule has 3 nitrogen and oxygen atoms in total. The highest BCUT2D eigenvalue weighted by Gasteiger charge is 1.97. The van der Waals surface area contributed by atoms with Gasteiger partial charge in [-0.05, 0) is 18.2 Å². The number of fused-ring (bicyclic) bond motifs is 1. The number of nitrogens with zero attached hydrogens (tertiary/aromatic N) is 1. The number of benzene rings is 1. The molecule has 0 bridgehead atoms. The molecule has 0 amide bonds. The van der Waals surface area contributed by atoms with Crippen LogP contribution in [0.3, 0.4) is 0 Å². The molecule has 2 aromatic rings. The summed E-state index contributed by atoms with van der Waals surface area (Å²) in [5, 5.41) is 1.08. The number of carbonyl (C=O) groups is 1. The summed E-state index contributed by atoms with van der Waals surface area (Å²) in [4.78, 5) is 14.3. The van der Waals surface area contributed by atoms with E-state index < -0.39 is 0 Å². The quantitative estimate of drug-likeness (QED) is 0.562. The molecule has 0 saturated heterocycles. The average Bonchev–Trinajstić information content (AvgIpc) is 2.29. The Kier molecular flexibility index (Phi) is 2.93. The smallest absolute Gasteiger partial charge is 0.123 e. The van der Waals surface area contributed by atoms with E-state index >= 15 is 0 Å². The van der Waals surface area contributed by atoms with Gasteiger partial charge in [-0.1, -0.05) is 6.07 Å². The van der Waals surface area contributed by atoms with Crippen LogP contribution < -0.4 is 4.74 Å². The first kappa shape index (κ1) is 9.65. The van der Waals surface area contributed by atoms with Crippen LogP contribution >= 0.6 is 0 Å². The van der Waals surface area contributed by atoms with Crippen LogP contribution in [0.15, 0.2) is 36.5 Å². The lowest BCUT2D eigenvalue weighted by Gasteiger charge is -2.04.